The van der Waals surface area contributed by atoms with Crippen LogP contribution < -0.4 is 10.9 Å². The van der Waals surface area contributed by atoms with Gasteiger partial charge in [-0.3, -0.25) is 9.59 Å². The number of para-hydroxylation sites is 1. The molecule has 7 heteroatoms. The molecule has 0 saturated carbocycles. The van der Waals surface area contributed by atoms with E-state index in [1.807, 2.05) is 0 Å². The first-order valence-corrected chi connectivity index (χ1v) is 8.40. The van der Waals surface area contributed by atoms with E-state index in [0.29, 0.717) is 17.3 Å². The van der Waals surface area contributed by atoms with Gasteiger partial charge in [-0.2, -0.15) is 0 Å². The van der Waals surface area contributed by atoms with Gasteiger partial charge in [0.05, 0.1) is 17.1 Å². The second kappa shape index (κ2) is 5.00. The molecule has 0 radical (unpaired) electrons. The number of benzene rings is 1. The van der Waals surface area contributed by atoms with Gasteiger partial charge in [0.15, 0.2) is 9.84 Å². The minimum absolute atomic E-state index is 0.0418. The van der Waals surface area contributed by atoms with E-state index in [4.69, 9.17) is 0 Å². The molecule has 1 aromatic heterocycles. The summed E-state index contributed by atoms with van der Waals surface area (Å²) in [6, 6.07) is 7.85. The molecule has 1 saturated heterocycles. The molecule has 2 N–H and O–H groups in total. The molecular weight excluding hydrogens is 292 g/mol. The molecule has 0 aliphatic carbocycles. The Morgan fingerprint density at radius 2 is 2.05 bits per heavy atom. The van der Waals surface area contributed by atoms with Crippen LogP contribution in [0.1, 0.15) is 16.8 Å². The average Bonchev–Trinajstić information content (AvgIpc) is 2.76. The summed E-state index contributed by atoms with van der Waals surface area (Å²) in [6.07, 6.45) is 0.412. The lowest BCUT2D eigenvalue weighted by Crippen LogP contribution is -2.36. The number of pyridine rings is 1. The van der Waals surface area contributed by atoms with Crippen molar-refractivity contribution in [1.82, 2.24) is 10.3 Å². The highest BCUT2D eigenvalue weighted by Gasteiger charge is 2.29. The van der Waals surface area contributed by atoms with Gasteiger partial charge in [-0.15, -0.1) is 0 Å². The normalized spacial score (nSPS) is 20.5. The van der Waals surface area contributed by atoms with Crippen molar-refractivity contribution in [3.8, 4) is 0 Å². The largest absolute Gasteiger partial charge is 0.348 e. The minimum atomic E-state index is -3.06. The van der Waals surface area contributed by atoms with Gasteiger partial charge in [-0.05, 0) is 12.5 Å². The summed E-state index contributed by atoms with van der Waals surface area (Å²) < 4.78 is 22.8. The summed E-state index contributed by atoms with van der Waals surface area (Å²) in [5.41, 5.74) is 0.478. The monoisotopic (exact) mass is 306 g/mol. The van der Waals surface area contributed by atoms with Crippen LogP contribution in [-0.4, -0.2) is 36.9 Å². The zero-order valence-corrected chi connectivity index (χ0v) is 11.9. The molecule has 6 nitrogen and oxygen atoms in total. The second-order valence-corrected chi connectivity index (χ2v) is 7.39. The number of H-pyrrole nitrogens is 1. The van der Waals surface area contributed by atoms with Crippen LogP contribution >= 0.6 is 0 Å². The van der Waals surface area contributed by atoms with E-state index in [1.165, 1.54) is 6.07 Å². The number of aromatic amines is 1. The molecule has 0 unspecified atom stereocenters. The number of fused-ring (bicyclic) bond motifs is 1. The fourth-order valence-corrected chi connectivity index (χ4v) is 4.24. The lowest BCUT2D eigenvalue weighted by Gasteiger charge is -2.12. The Morgan fingerprint density at radius 3 is 2.76 bits per heavy atom. The number of carbonyl (C=O) groups is 1. The topological polar surface area (TPSA) is 96.1 Å². The summed E-state index contributed by atoms with van der Waals surface area (Å²) in [6.45, 7) is 0. The molecule has 3 rings (SSSR count). The summed E-state index contributed by atoms with van der Waals surface area (Å²) in [7, 11) is -3.06. The Hall–Kier alpha value is -2.15. The number of hydrogen-bond donors (Lipinski definition) is 2. The standard InChI is InChI=1S/C14H14N2O4S/c17-13-7-11(10-3-1-2-4-12(10)16-13)14(18)15-9-5-6-21(19,20)8-9/h1-4,7,9H,5-6,8H2,(H,15,18)(H,16,17)/t9-/m0/s1. The van der Waals surface area contributed by atoms with Gasteiger partial charge in [0.2, 0.25) is 5.56 Å². The number of carbonyl (C=O) groups excluding carboxylic acids is 1. The number of rotatable bonds is 2. The highest BCUT2D eigenvalue weighted by molar-refractivity contribution is 7.91. The lowest BCUT2D eigenvalue weighted by atomic mass is 10.1. The van der Waals surface area contributed by atoms with Crippen LogP contribution in [0.2, 0.25) is 0 Å². The maximum atomic E-state index is 12.3. The van der Waals surface area contributed by atoms with Crippen LogP contribution in [-0.2, 0) is 9.84 Å². The van der Waals surface area contributed by atoms with Gasteiger partial charge in [0.1, 0.15) is 0 Å². The van der Waals surface area contributed by atoms with Gasteiger partial charge >= 0.3 is 0 Å². The van der Waals surface area contributed by atoms with Crippen molar-refractivity contribution in [3.63, 3.8) is 0 Å². The van der Waals surface area contributed by atoms with Crippen molar-refractivity contribution in [1.29, 1.82) is 0 Å². The maximum absolute atomic E-state index is 12.3. The number of amides is 1. The predicted molar refractivity (Wildman–Crippen MR) is 79.1 cm³/mol. The van der Waals surface area contributed by atoms with Gasteiger partial charge in [0.25, 0.3) is 5.91 Å². The van der Waals surface area contributed by atoms with Crippen molar-refractivity contribution >= 4 is 26.6 Å². The Bertz CT molecular complexity index is 870. The average molecular weight is 306 g/mol. The molecule has 0 bridgehead atoms. The van der Waals surface area contributed by atoms with E-state index >= 15 is 0 Å². The highest BCUT2D eigenvalue weighted by Crippen LogP contribution is 2.16. The molecule has 110 valence electrons. The fourth-order valence-electron chi connectivity index (χ4n) is 2.56. The fraction of sp³-hybridized carbons (Fsp3) is 0.286. The van der Waals surface area contributed by atoms with E-state index in [0.717, 1.165) is 0 Å². The SMILES string of the molecule is O=C(N[C@H]1CCS(=O)(=O)C1)c1cc(=O)[nH]c2ccccc12. The Balaban J connectivity index is 1.93. The molecule has 0 spiro atoms. The number of sulfone groups is 1. The van der Waals surface area contributed by atoms with Crippen LogP contribution in [0.15, 0.2) is 35.1 Å². The van der Waals surface area contributed by atoms with Crippen molar-refractivity contribution < 1.29 is 13.2 Å². The summed E-state index contributed by atoms with van der Waals surface area (Å²) in [4.78, 5) is 26.6. The zero-order chi connectivity index (χ0) is 15.0. The third kappa shape index (κ3) is 2.82. The van der Waals surface area contributed by atoms with Crippen LogP contribution in [0.4, 0.5) is 0 Å². The van der Waals surface area contributed by atoms with Crippen molar-refractivity contribution in [3.05, 3.63) is 46.2 Å². The van der Waals surface area contributed by atoms with Crippen LogP contribution in [0.5, 0.6) is 0 Å². The Kier molecular flexibility index (Phi) is 3.29. The molecule has 2 heterocycles. The molecule has 2 aromatic rings. The minimum Gasteiger partial charge on any atom is -0.348 e. The highest BCUT2D eigenvalue weighted by atomic mass is 32.2. The van der Waals surface area contributed by atoms with E-state index in [-0.39, 0.29) is 28.7 Å². The van der Waals surface area contributed by atoms with E-state index in [1.54, 1.807) is 24.3 Å². The molecular formula is C14H14N2O4S. The molecule has 1 amide bonds. The number of aromatic nitrogens is 1. The first-order chi connectivity index (χ1) is 9.94. The molecule has 1 atom stereocenters. The lowest BCUT2D eigenvalue weighted by molar-refractivity contribution is 0.0942. The van der Waals surface area contributed by atoms with Crippen LogP contribution in [0, 0.1) is 0 Å². The summed E-state index contributed by atoms with van der Waals surface area (Å²) >= 11 is 0. The summed E-state index contributed by atoms with van der Waals surface area (Å²) in [5, 5.41) is 3.33. The second-order valence-electron chi connectivity index (χ2n) is 5.17. The predicted octanol–water partition coefficient (Wildman–Crippen LogP) is 0.445. The van der Waals surface area contributed by atoms with Gasteiger partial charge in [-0.1, -0.05) is 18.2 Å². The van der Waals surface area contributed by atoms with Crippen molar-refractivity contribution in [2.75, 3.05) is 11.5 Å². The summed E-state index contributed by atoms with van der Waals surface area (Å²) in [5.74, 6) is -0.368. The zero-order valence-electron chi connectivity index (χ0n) is 11.1. The van der Waals surface area contributed by atoms with Gasteiger partial charge in [-0.25, -0.2) is 8.42 Å². The number of nitrogens with one attached hydrogen (secondary N) is 2. The molecule has 21 heavy (non-hydrogen) atoms. The molecule has 1 aromatic carbocycles. The third-order valence-corrected chi connectivity index (χ3v) is 5.33. The molecule has 1 aliphatic heterocycles. The van der Waals surface area contributed by atoms with Gasteiger partial charge in [0, 0.05) is 23.0 Å². The van der Waals surface area contributed by atoms with Crippen LogP contribution in [0.3, 0.4) is 0 Å². The quantitative estimate of drug-likeness (QED) is 0.841. The first-order valence-electron chi connectivity index (χ1n) is 6.58. The van der Waals surface area contributed by atoms with E-state index < -0.39 is 15.7 Å². The van der Waals surface area contributed by atoms with Crippen molar-refractivity contribution in [2.24, 2.45) is 0 Å². The smallest absolute Gasteiger partial charge is 0.252 e. The van der Waals surface area contributed by atoms with Crippen LogP contribution in [0.25, 0.3) is 10.9 Å². The Labute approximate surface area is 121 Å². The number of hydrogen-bond acceptors (Lipinski definition) is 4. The maximum Gasteiger partial charge on any atom is 0.252 e. The molecule has 1 fully saturated rings. The van der Waals surface area contributed by atoms with E-state index in [9.17, 15) is 18.0 Å². The Morgan fingerprint density at radius 1 is 1.29 bits per heavy atom. The molecule has 1 aliphatic rings. The third-order valence-electron chi connectivity index (χ3n) is 3.56. The first kappa shape index (κ1) is 13.8. The van der Waals surface area contributed by atoms with Gasteiger partial charge < -0.3 is 10.3 Å². The van der Waals surface area contributed by atoms with E-state index in [2.05, 4.69) is 10.3 Å². The van der Waals surface area contributed by atoms with Crippen molar-refractivity contribution in [2.45, 2.75) is 12.5 Å².